The Bertz CT molecular complexity index is 83.0. The van der Waals surface area contributed by atoms with Crippen LogP contribution in [0.25, 0.3) is 0 Å². The first kappa shape index (κ1) is 7.06. The van der Waals surface area contributed by atoms with Crippen molar-refractivity contribution in [3.63, 3.8) is 0 Å². The molecule has 2 N–H and O–H groups in total. The van der Waals surface area contributed by atoms with E-state index in [4.69, 9.17) is 10.0 Å². The number of rotatable bonds is 2. The topological polar surface area (TPSA) is 43.7 Å². The van der Waals surface area contributed by atoms with Gasteiger partial charge in [-0.3, -0.25) is 0 Å². The van der Waals surface area contributed by atoms with Gasteiger partial charge < -0.3 is 14.9 Å². The minimum absolute atomic E-state index is 0.417. The van der Waals surface area contributed by atoms with E-state index in [1.54, 1.807) is 0 Å². The molecule has 1 aliphatic rings. The van der Waals surface area contributed by atoms with Crippen LogP contribution in [0.15, 0.2) is 0 Å². The highest BCUT2D eigenvalue weighted by Crippen LogP contribution is 2.05. The van der Waals surface area contributed by atoms with Gasteiger partial charge in [-0.15, -0.1) is 0 Å². The standard InChI is InChI=1S/C5H12BNO2/c8-6(9)5-7-3-1-2-4-7/h8-9H,1-5H2. The summed E-state index contributed by atoms with van der Waals surface area (Å²) >= 11 is 0. The molecule has 0 amide bonds. The molecule has 1 aliphatic heterocycles. The van der Waals surface area contributed by atoms with Gasteiger partial charge in [0.25, 0.3) is 0 Å². The van der Waals surface area contributed by atoms with E-state index in [1.165, 1.54) is 12.8 Å². The Morgan fingerprint density at radius 2 is 1.78 bits per heavy atom. The van der Waals surface area contributed by atoms with Crippen molar-refractivity contribution >= 4 is 7.12 Å². The highest BCUT2D eigenvalue weighted by molar-refractivity contribution is 6.41. The highest BCUT2D eigenvalue weighted by Gasteiger charge is 2.17. The molecule has 0 radical (unpaired) electrons. The Hall–Kier alpha value is -0.0551. The van der Waals surface area contributed by atoms with Crippen molar-refractivity contribution in [1.82, 2.24) is 4.90 Å². The third-order valence-corrected chi connectivity index (χ3v) is 1.62. The van der Waals surface area contributed by atoms with Crippen LogP contribution < -0.4 is 0 Å². The molecule has 0 aromatic rings. The van der Waals surface area contributed by atoms with Crippen molar-refractivity contribution in [3.8, 4) is 0 Å². The van der Waals surface area contributed by atoms with Crippen LogP contribution in [0.4, 0.5) is 0 Å². The molecule has 0 aromatic heterocycles. The average Bonchev–Trinajstić information content (AvgIpc) is 2.15. The van der Waals surface area contributed by atoms with Gasteiger partial charge in [0.15, 0.2) is 0 Å². The average molecular weight is 129 g/mol. The van der Waals surface area contributed by atoms with E-state index in [0.29, 0.717) is 6.44 Å². The maximum Gasteiger partial charge on any atom is 0.466 e. The molecule has 1 saturated heterocycles. The summed E-state index contributed by atoms with van der Waals surface area (Å²) in [7, 11) is -1.15. The van der Waals surface area contributed by atoms with Gasteiger partial charge in [-0.05, 0) is 25.9 Å². The summed E-state index contributed by atoms with van der Waals surface area (Å²) < 4.78 is 0. The molecule has 0 unspecified atom stereocenters. The minimum atomic E-state index is -1.15. The summed E-state index contributed by atoms with van der Waals surface area (Å²) in [6.45, 7) is 2.05. The Kier molecular flexibility index (Phi) is 2.51. The summed E-state index contributed by atoms with van der Waals surface area (Å²) in [4.78, 5) is 2.06. The molecular weight excluding hydrogens is 117 g/mol. The zero-order valence-corrected chi connectivity index (χ0v) is 5.45. The molecule has 0 aliphatic carbocycles. The number of likely N-dealkylation sites (tertiary alicyclic amines) is 1. The lowest BCUT2D eigenvalue weighted by Gasteiger charge is -2.12. The quantitative estimate of drug-likeness (QED) is 0.474. The first-order valence-electron chi connectivity index (χ1n) is 3.37. The Morgan fingerprint density at radius 3 is 2.22 bits per heavy atom. The van der Waals surface area contributed by atoms with Gasteiger partial charge in [0.2, 0.25) is 0 Å². The molecule has 0 spiro atoms. The number of nitrogens with zero attached hydrogens (tertiary/aromatic N) is 1. The Morgan fingerprint density at radius 1 is 1.22 bits per heavy atom. The predicted octanol–water partition coefficient (Wildman–Crippen LogP) is -0.906. The van der Waals surface area contributed by atoms with Gasteiger partial charge >= 0.3 is 7.12 Å². The van der Waals surface area contributed by atoms with Crippen molar-refractivity contribution in [1.29, 1.82) is 0 Å². The molecule has 3 nitrogen and oxygen atoms in total. The minimum Gasteiger partial charge on any atom is -0.426 e. The zero-order valence-electron chi connectivity index (χ0n) is 5.45. The van der Waals surface area contributed by atoms with E-state index in [9.17, 15) is 0 Å². The lowest BCUT2D eigenvalue weighted by Crippen LogP contribution is -2.33. The maximum atomic E-state index is 8.53. The van der Waals surface area contributed by atoms with Crippen molar-refractivity contribution in [2.75, 3.05) is 19.5 Å². The fraction of sp³-hybridized carbons (Fsp3) is 1.00. The lowest BCUT2D eigenvalue weighted by atomic mass is 9.92. The van der Waals surface area contributed by atoms with Gasteiger partial charge in [0, 0.05) is 6.44 Å². The van der Waals surface area contributed by atoms with Crippen molar-refractivity contribution in [2.45, 2.75) is 12.8 Å². The number of hydrogen-bond donors (Lipinski definition) is 2. The molecule has 4 heteroatoms. The summed E-state index contributed by atoms with van der Waals surface area (Å²) in [6, 6.07) is 0. The van der Waals surface area contributed by atoms with Crippen LogP contribution in [0.5, 0.6) is 0 Å². The highest BCUT2D eigenvalue weighted by atomic mass is 16.4. The van der Waals surface area contributed by atoms with E-state index in [-0.39, 0.29) is 0 Å². The van der Waals surface area contributed by atoms with Crippen molar-refractivity contribution in [3.05, 3.63) is 0 Å². The molecule has 1 rings (SSSR count). The van der Waals surface area contributed by atoms with Gasteiger partial charge in [-0.2, -0.15) is 0 Å². The van der Waals surface area contributed by atoms with Crippen molar-refractivity contribution < 1.29 is 10.0 Å². The van der Waals surface area contributed by atoms with E-state index < -0.39 is 7.12 Å². The van der Waals surface area contributed by atoms with E-state index >= 15 is 0 Å². The van der Waals surface area contributed by atoms with Crippen LogP contribution in [-0.4, -0.2) is 41.6 Å². The second-order valence-electron chi connectivity index (χ2n) is 2.49. The van der Waals surface area contributed by atoms with Gasteiger partial charge in [-0.1, -0.05) is 0 Å². The second-order valence-corrected chi connectivity index (χ2v) is 2.49. The molecule has 1 fully saturated rings. The fourth-order valence-electron chi connectivity index (χ4n) is 1.20. The predicted molar refractivity (Wildman–Crippen MR) is 35.9 cm³/mol. The second kappa shape index (κ2) is 3.20. The molecule has 9 heavy (non-hydrogen) atoms. The summed E-state index contributed by atoms with van der Waals surface area (Å²) in [5.74, 6) is 0. The van der Waals surface area contributed by atoms with Crippen LogP contribution in [-0.2, 0) is 0 Å². The fourth-order valence-corrected chi connectivity index (χ4v) is 1.20. The molecular formula is C5H12BNO2. The van der Waals surface area contributed by atoms with Crippen LogP contribution in [0, 0.1) is 0 Å². The van der Waals surface area contributed by atoms with E-state index in [1.807, 2.05) is 0 Å². The molecule has 0 bridgehead atoms. The molecule has 0 atom stereocenters. The molecule has 0 aromatic carbocycles. The molecule has 0 saturated carbocycles. The zero-order chi connectivity index (χ0) is 6.69. The summed E-state index contributed by atoms with van der Waals surface area (Å²) in [6.07, 6.45) is 2.82. The van der Waals surface area contributed by atoms with Crippen LogP contribution in [0.3, 0.4) is 0 Å². The maximum absolute atomic E-state index is 8.53. The molecule has 52 valence electrons. The van der Waals surface area contributed by atoms with Gasteiger partial charge in [-0.25, -0.2) is 0 Å². The van der Waals surface area contributed by atoms with Crippen molar-refractivity contribution in [2.24, 2.45) is 0 Å². The SMILES string of the molecule is OB(O)CN1CCCC1. The monoisotopic (exact) mass is 129 g/mol. The van der Waals surface area contributed by atoms with E-state index in [2.05, 4.69) is 4.90 Å². The first-order chi connectivity index (χ1) is 4.29. The lowest BCUT2D eigenvalue weighted by molar-refractivity contribution is 0.322. The summed E-state index contributed by atoms with van der Waals surface area (Å²) in [5.41, 5.74) is 0. The smallest absolute Gasteiger partial charge is 0.426 e. The van der Waals surface area contributed by atoms with Gasteiger partial charge in [0.1, 0.15) is 0 Å². The van der Waals surface area contributed by atoms with Crippen LogP contribution >= 0.6 is 0 Å². The van der Waals surface area contributed by atoms with Crippen LogP contribution in [0.2, 0.25) is 0 Å². The third-order valence-electron chi connectivity index (χ3n) is 1.62. The molecule has 1 heterocycles. The Labute approximate surface area is 55.4 Å². The Balaban J connectivity index is 2.11. The van der Waals surface area contributed by atoms with Gasteiger partial charge in [0.05, 0.1) is 0 Å². The van der Waals surface area contributed by atoms with E-state index in [0.717, 1.165) is 13.1 Å². The largest absolute Gasteiger partial charge is 0.466 e. The summed E-state index contributed by atoms with van der Waals surface area (Å²) in [5, 5.41) is 17.1. The van der Waals surface area contributed by atoms with Crippen LogP contribution in [0.1, 0.15) is 12.8 Å². The normalized spacial score (nSPS) is 20.7. The third kappa shape index (κ3) is 2.34. The first-order valence-corrected chi connectivity index (χ1v) is 3.37. The number of hydrogen-bond acceptors (Lipinski definition) is 3.